The van der Waals surface area contributed by atoms with E-state index in [1.807, 2.05) is 19.1 Å². The maximum Gasteiger partial charge on any atom is 0.307 e. The van der Waals surface area contributed by atoms with Crippen molar-refractivity contribution in [1.82, 2.24) is 0 Å². The molecular formula is C18H18ClNO4S. The zero-order chi connectivity index (χ0) is 18.4. The molecule has 1 atom stereocenters. The van der Waals surface area contributed by atoms with Crippen LogP contribution in [0.2, 0.25) is 4.34 Å². The number of halogens is 1. The standard InChI is InChI=1S/C18H18ClNO4S/c1-11-3-5-13(6-4-11)20-18(23)12(2)24-17(22)10-7-14(21)15-8-9-16(19)25-15/h3-6,8-9,12H,7,10H2,1-2H3,(H,20,23)/t12-/m1/s1. The van der Waals surface area contributed by atoms with Gasteiger partial charge in [-0.1, -0.05) is 29.3 Å². The fourth-order valence-corrected chi connectivity index (χ4v) is 3.00. The molecule has 0 saturated carbocycles. The third-order valence-electron chi connectivity index (χ3n) is 3.40. The van der Waals surface area contributed by atoms with Gasteiger partial charge in [0, 0.05) is 12.1 Å². The van der Waals surface area contributed by atoms with Gasteiger partial charge >= 0.3 is 5.97 Å². The molecule has 2 aromatic rings. The fourth-order valence-electron chi connectivity index (χ4n) is 1.99. The van der Waals surface area contributed by atoms with Crippen LogP contribution in [0.25, 0.3) is 0 Å². The van der Waals surface area contributed by atoms with Crippen LogP contribution in [-0.4, -0.2) is 23.8 Å². The van der Waals surface area contributed by atoms with Crippen molar-refractivity contribution in [1.29, 1.82) is 0 Å². The van der Waals surface area contributed by atoms with Crippen LogP contribution < -0.4 is 5.32 Å². The molecule has 1 aromatic carbocycles. The Morgan fingerprint density at radius 1 is 1.12 bits per heavy atom. The Kier molecular flexibility index (Phi) is 6.73. The highest BCUT2D eigenvalue weighted by Gasteiger charge is 2.19. The molecule has 2 rings (SSSR count). The average Bonchev–Trinajstić information content (AvgIpc) is 3.01. The summed E-state index contributed by atoms with van der Waals surface area (Å²) in [6.07, 6.45) is -1.02. The number of amides is 1. The van der Waals surface area contributed by atoms with Crippen molar-refractivity contribution >= 4 is 46.3 Å². The maximum absolute atomic E-state index is 12.0. The molecule has 0 aliphatic heterocycles. The number of hydrogen-bond donors (Lipinski definition) is 1. The molecule has 0 radical (unpaired) electrons. The minimum absolute atomic E-state index is 0.0158. The zero-order valence-corrected chi connectivity index (χ0v) is 15.4. The van der Waals surface area contributed by atoms with Crippen LogP contribution >= 0.6 is 22.9 Å². The van der Waals surface area contributed by atoms with Gasteiger partial charge in [-0.3, -0.25) is 14.4 Å². The Morgan fingerprint density at radius 2 is 1.80 bits per heavy atom. The van der Waals surface area contributed by atoms with E-state index in [9.17, 15) is 14.4 Å². The number of Topliss-reactive ketones (excluding diaryl/α,β-unsaturated/α-hetero) is 1. The first-order valence-corrected chi connectivity index (χ1v) is 8.90. The highest BCUT2D eigenvalue weighted by Crippen LogP contribution is 2.23. The lowest BCUT2D eigenvalue weighted by molar-refractivity contribution is -0.153. The number of benzene rings is 1. The molecule has 0 unspecified atom stereocenters. The second-order valence-corrected chi connectivity index (χ2v) is 7.23. The number of rotatable bonds is 7. The van der Waals surface area contributed by atoms with Crippen molar-refractivity contribution in [2.24, 2.45) is 0 Å². The highest BCUT2D eigenvalue weighted by molar-refractivity contribution is 7.18. The SMILES string of the molecule is Cc1ccc(NC(=O)[C@@H](C)OC(=O)CCC(=O)c2ccc(Cl)s2)cc1. The van der Waals surface area contributed by atoms with Gasteiger partial charge in [-0.05, 0) is 38.1 Å². The molecule has 0 spiro atoms. The largest absolute Gasteiger partial charge is 0.453 e. The number of esters is 1. The Balaban J connectivity index is 1.78. The van der Waals surface area contributed by atoms with Gasteiger partial charge in [0.1, 0.15) is 0 Å². The predicted molar refractivity (Wildman–Crippen MR) is 98.3 cm³/mol. The molecule has 25 heavy (non-hydrogen) atoms. The Hall–Kier alpha value is -2.18. The molecule has 1 N–H and O–H groups in total. The fraction of sp³-hybridized carbons (Fsp3) is 0.278. The molecular weight excluding hydrogens is 362 g/mol. The van der Waals surface area contributed by atoms with Crippen molar-refractivity contribution < 1.29 is 19.1 Å². The van der Waals surface area contributed by atoms with Gasteiger partial charge in [-0.2, -0.15) is 0 Å². The summed E-state index contributed by atoms with van der Waals surface area (Å²) in [5.41, 5.74) is 1.71. The molecule has 0 bridgehead atoms. The number of hydrogen-bond acceptors (Lipinski definition) is 5. The third-order valence-corrected chi connectivity index (χ3v) is 4.67. The monoisotopic (exact) mass is 379 g/mol. The molecule has 132 valence electrons. The van der Waals surface area contributed by atoms with Crippen LogP contribution in [0.5, 0.6) is 0 Å². The first-order valence-electron chi connectivity index (χ1n) is 7.70. The first kappa shape index (κ1) is 19.1. The second-order valence-electron chi connectivity index (χ2n) is 5.51. The van der Waals surface area contributed by atoms with Gasteiger partial charge < -0.3 is 10.1 Å². The summed E-state index contributed by atoms with van der Waals surface area (Å²) in [6, 6.07) is 10.5. The van der Waals surface area contributed by atoms with Crippen LogP contribution in [0.15, 0.2) is 36.4 Å². The Bertz CT molecular complexity index is 770. The van der Waals surface area contributed by atoms with Crippen LogP contribution in [0.3, 0.4) is 0 Å². The smallest absolute Gasteiger partial charge is 0.307 e. The average molecular weight is 380 g/mol. The summed E-state index contributed by atoms with van der Waals surface area (Å²) in [5, 5.41) is 2.67. The van der Waals surface area contributed by atoms with Crippen molar-refractivity contribution in [3.05, 3.63) is 51.2 Å². The van der Waals surface area contributed by atoms with Crippen LogP contribution in [0.1, 0.15) is 35.0 Å². The highest BCUT2D eigenvalue weighted by atomic mass is 35.5. The summed E-state index contributed by atoms with van der Waals surface area (Å²) in [4.78, 5) is 36.3. The number of aryl methyl sites for hydroxylation is 1. The van der Waals surface area contributed by atoms with Crippen molar-refractivity contribution in [3.63, 3.8) is 0 Å². The molecule has 1 aromatic heterocycles. The predicted octanol–water partition coefficient (Wildman–Crippen LogP) is 4.24. The van der Waals surface area contributed by atoms with E-state index < -0.39 is 18.0 Å². The lowest BCUT2D eigenvalue weighted by Gasteiger charge is -2.13. The number of nitrogens with one attached hydrogen (secondary N) is 1. The molecule has 0 aliphatic carbocycles. The summed E-state index contributed by atoms with van der Waals surface area (Å²) >= 11 is 6.94. The van der Waals surface area contributed by atoms with Crippen LogP contribution in [0.4, 0.5) is 5.69 Å². The van der Waals surface area contributed by atoms with E-state index in [1.165, 1.54) is 18.3 Å². The molecule has 5 nitrogen and oxygen atoms in total. The summed E-state index contributed by atoms with van der Waals surface area (Å²) in [7, 11) is 0. The Labute approximate surface area is 154 Å². The van der Waals surface area contributed by atoms with Gasteiger partial charge in [-0.15, -0.1) is 11.3 Å². The first-order chi connectivity index (χ1) is 11.8. The van der Waals surface area contributed by atoms with Crippen LogP contribution in [0, 0.1) is 6.92 Å². The molecule has 1 heterocycles. The second kappa shape index (κ2) is 8.78. The van der Waals surface area contributed by atoms with Gasteiger partial charge in [0.25, 0.3) is 5.91 Å². The molecule has 7 heteroatoms. The number of ketones is 1. The van der Waals surface area contributed by atoms with Gasteiger partial charge in [-0.25, -0.2) is 0 Å². The number of thiophene rings is 1. The summed E-state index contributed by atoms with van der Waals surface area (Å²) < 4.78 is 5.59. The lowest BCUT2D eigenvalue weighted by Crippen LogP contribution is -2.30. The van der Waals surface area contributed by atoms with E-state index >= 15 is 0 Å². The van der Waals surface area contributed by atoms with Crippen molar-refractivity contribution in [2.75, 3.05) is 5.32 Å². The topological polar surface area (TPSA) is 72.5 Å². The normalized spacial score (nSPS) is 11.6. The van der Waals surface area contributed by atoms with E-state index in [0.29, 0.717) is 14.9 Å². The van der Waals surface area contributed by atoms with E-state index in [0.717, 1.165) is 5.56 Å². The quantitative estimate of drug-likeness (QED) is 0.576. The van der Waals surface area contributed by atoms with E-state index in [4.69, 9.17) is 16.3 Å². The summed E-state index contributed by atoms with van der Waals surface area (Å²) in [6.45, 7) is 3.43. The minimum Gasteiger partial charge on any atom is -0.453 e. The van der Waals surface area contributed by atoms with Crippen molar-refractivity contribution in [3.8, 4) is 0 Å². The van der Waals surface area contributed by atoms with Crippen LogP contribution in [-0.2, 0) is 14.3 Å². The number of ether oxygens (including phenoxy) is 1. The molecule has 0 aliphatic rings. The Morgan fingerprint density at radius 3 is 2.40 bits per heavy atom. The van der Waals surface area contributed by atoms with Gasteiger partial charge in [0.15, 0.2) is 11.9 Å². The number of carbonyl (C=O) groups excluding carboxylic acids is 3. The van der Waals surface area contributed by atoms with E-state index in [2.05, 4.69) is 5.32 Å². The third kappa shape index (κ3) is 5.99. The number of carbonyl (C=O) groups is 3. The number of anilines is 1. The molecule has 0 saturated heterocycles. The van der Waals surface area contributed by atoms with E-state index in [-0.39, 0.29) is 18.6 Å². The van der Waals surface area contributed by atoms with Gasteiger partial charge in [0.2, 0.25) is 0 Å². The summed E-state index contributed by atoms with van der Waals surface area (Å²) in [5.74, 6) is -1.19. The van der Waals surface area contributed by atoms with E-state index in [1.54, 1.807) is 24.3 Å². The van der Waals surface area contributed by atoms with Crippen molar-refractivity contribution in [2.45, 2.75) is 32.8 Å². The van der Waals surface area contributed by atoms with Gasteiger partial charge in [0.05, 0.1) is 15.6 Å². The molecule has 1 amide bonds. The zero-order valence-electron chi connectivity index (χ0n) is 13.9. The minimum atomic E-state index is -0.944. The lowest BCUT2D eigenvalue weighted by atomic mass is 10.2. The molecule has 0 fully saturated rings. The maximum atomic E-state index is 12.0.